The van der Waals surface area contributed by atoms with E-state index < -0.39 is 5.78 Å². The molecule has 0 spiro atoms. The van der Waals surface area contributed by atoms with Gasteiger partial charge >= 0.3 is 0 Å². The molecule has 5 nitrogen and oxygen atoms in total. The highest BCUT2D eigenvalue weighted by Gasteiger charge is 2.15. The fraction of sp³-hybridized carbons (Fsp3) is 0.240. The van der Waals surface area contributed by atoms with Gasteiger partial charge in [0.25, 0.3) is 0 Å². The van der Waals surface area contributed by atoms with Crippen molar-refractivity contribution < 1.29 is 25.2 Å². The van der Waals surface area contributed by atoms with Gasteiger partial charge in [-0.3, -0.25) is 4.79 Å². The van der Waals surface area contributed by atoms with Crippen molar-refractivity contribution in [3.8, 4) is 17.2 Å². The molecular formula is C25H28O5. The molecular weight excluding hydrogens is 380 g/mol. The predicted molar refractivity (Wildman–Crippen MR) is 119 cm³/mol. The number of rotatable bonds is 7. The molecule has 2 aromatic carbocycles. The van der Waals surface area contributed by atoms with E-state index in [0.29, 0.717) is 29.5 Å². The Morgan fingerprint density at radius 2 is 1.37 bits per heavy atom. The minimum Gasteiger partial charge on any atom is -0.508 e. The fourth-order valence-corrected chi connectivity index (χ4v) is 2.80. The van der Waals surface area contributed by atoms with Gasteiger partial charge in [0.05, 0.1) is 5.56 Å². The van der Waals surface area contributed by atoms with E-state index in [4.69, 9.17) is 0 Å². The largest absolute Gasteiger partial charge is 0.508 e. The summed E-state index contributed by atoms with van der Waals surface area (Å²) in [5.41, 5.74) is 3.64. The third-order valence-corrected chi connectivity index (χ3v) is 4.57. The van der Waals surface area contributed by atoms with Gasteiger partial charge in [0.2, 0.25) is 0 Å². The van der Waals surface area contributed by atoms with Crippen LogP contribution in [0, 0.1) is 0 Å². The standard InChI is InChI=1S/C25H28O5/c1-15(2)5-7-17-11-18(9-10-21(17)26)22(27)13-24(29)20-12-19(8-6-16(3)4)23(28)14-25(20)30/h5-6,9-14,26-28,30H,7-8H2,1-4H3/b22-13+. The Labute approximate surface area is 177 Å². The zero-order chi connectivity index (χ0) is 22.4. The lowest BCUT2D eigenvalue weighted by atomic mass is 10.00. The minimum atomic E-state index is -0.595. The second kappa shape index (κ2) is 9.83. The molecule has 0 aliphatic heterocycles. The molecule has 0 aliphatic rings. The van der Waals surface area contributed by atoms with Crippen molar-refractivity contribution in [2.45, 2.75) is 40.5 Å². The zero-order valence-corrected chi connectivity index (χ0v) is 17.7. The Kier molecular flexibility index (Phi) is 7.48. The Morgan fingerprint density at radius 3 is 1.93 bits per heavy atom. The highest BCUT2D eigenvalue weighted by molar-refractivity contribution is 6.09. The molecule has 0 saturated heterocycles. The van der Waals surface area contributed by atoms with Gasteiger partial charge in [-0.25, -0.2) is 0 Å². The van der Waals surface area contributed by atoms with Gasteiger partial charge in [0.1, 0.15) is 23.0 Å². The first-order valence-electron chi connectivity index (χ1n) is 9.67. The average molecular weight is 408 g/mol. The molecule has 0 heterocycles. The summed E-state index contributed by atoms with van der Waals surface area (Å²) in [6.07, 6.45) is 5.78. The number of carbonyl (C=O) groups is 1. The van der Waals surface area contributed by atoms with Gasteiger partial charge in [0, 0.05) is 17.7 Å². The molecule has 30 heavy (non-hydrogen) atoms. The van der Waals surface area contributed by atoms with Crippen LogP contribution in [0.3, 0.4) is 0 Å². The lowest BCUT2D eigenvalue weighted by Gasteiger charge is -2.09. The van der Waals surface area contributed by atoms with Gasteiger partial charge in [-0.05, 0) is 75.9 Å². The Balaban J connectivity index is 2.36. The highest BCUT2D eigenvalue weighted by Crippen LogP contribution is 2.30. The van der Waals surface area contributed by atoms with Crippen molar-refractivity contribution in [2.24, 2.45) is 0 Å². The van der Waals surface area contributed by atoms with Gasteiger partial charge in [-0.2, -0.15) is 0 Å². The first kappa shape index (κ1) is 22.8. The highest BCUT2D eigenvalue weighted by atomic mass is 16.3. The summed E-state index contributed by atoms with van der Waals surface area (Å²) in [7, 11) is 0. The van der Waals surface area contributed by atoms with Crippen LogP contribution in [-0.2, 0) is 12.8 Å². The van der Waals surface area contributed by atoms with Gasteiger partial charge < -0.3 is 20.4 Å². The third kappa shape index (κ3) is 6.01. The van der Waals surface area contributed by atoms with Crippen LogP contribution in [0.1, 0.15) is 54.7 Å². The van der Waals surface area contributed by atoms with E-state index in [2.05, 4.69) is 0 Å². The van der Waals surface area contributed by atoms with E-state index in [1.807, 2.05) is 39.8 Å². The SMILES string of the molecule is CC(C)=CCc1cc(/C(O)=C\C(=O)c2cc(CC=C(C)C)c(O)cc2O)ccc1O. The number of ketones is 1. The number of phenolic OH excluding ortho intramolecular Hbond substituents is 3. The van der Waals surface area contributed by atoms with E-state index in [1.165, 1.54) is 18.2 Å². The maximum Gasteiger partial charge on any atom is 0.193 e. The average Bonchev–Trinajstić information content (AvgIpc) is 2.66. The van der Waals surface area contributed by atoms with E-state index >= 15 is 0 Å². The number of aliphatic hydroxyl groups is 1. The van der Waals surface area contributed by atoms with Crippen LogP contribution < -0.4 is 0 Å². The Bertz CT molecular complexity index is 1030. The van der Waals surface area contributed by atoms with E-state index in [0.717, 1.165) is 23.3 Å². The monoisotopic (exact) mass is 408 g/mol. The van der Waals surface area contributed by atoms with Crippen LogP contribution in [-0.4, -0.2) is 26.2 Å². The molecule has 2 rings (SSSR count). The molecule has 4 N–H and O–H groups in total. The number of hydrogen-bond acceptors (Lipinski definition) is 5. The quantitative estimate of drug-likeness (QED) is 0.207. The van der Waals surface area contributed by atoms with Gasteiger partial charge in [0.15, 0.2) is 5.78 Å². The van der Waals surface area contributed by atoms with Crippen LogP contribution in [0.4, 0.5) is 0 Å². The molecule has 0 aliphatic carbocycles. The van der Waals surface area contributed by atoms with Crippen molar-refractivity contribution >= 4 is 11.5 Å². The van der Waals surface area contributed by atoms with Crippen molar-refractivity contribution in [3.05, 3.63) is 82.0 Å². The molecule has 0 radical (unpaired) electrons. The maximum absolute atomic E-state index is 12.7. The fourth-order valence-electron chi connectivity index (χ4n) is 2.80. The number of carbonyl (C=O) groups excluding carboxylic acids is 1. The van der Waals surface area contributed by atoms with Crippen LogP contribution in [0.15, 0.2) is 59.7 Å². The van der Waals surface area contributed by atoms with Crippen molar-refractivity contribution in [3.63, 3.8) is 0 Å². The molecule has 0 aromatic heterocycles. The van der Waals surface area contributed by atoms with E-state index in [-0.39, 0.29) is 28.6 Å². The zero-order valence-electron chi connectivity index (χ0n) is 17.7. The lowest BCUT2D eigenvalue weighted by Crippen LogP contribution is -2.00. The topological polar surface area (TPSA) is 98.0 Å². The molecule has 2 aromatic rings. The molecule has 158 valence electrons. The summed E-state index contributed by atoms with van der Waals surface area (Å²) in [4.78, 5) is 12.7. The number of phenols is 3. The summed E-state index contributed by atoms with van der Waals surface area (Å²) < 4.78 is 0. The smallest absolute Gasteiger partial charge is 0.193 e. The van der Waals surface area contributed by atoms with Crippen molar-refractivity contribution in [2.75, 3.05) is 0 Å². The van der Waals surface area contributed by atoms with Gasteiger partial charge in [-0.15, -0.1) is 0 Å². The minimum absolute atomic E-state index is 0.0138. The number of benzene rings is 2. The number of aliphatic hydroxyl groups excluding tert-OH is 1. The van der Waals surface area contributed by atoms with Crippen molar-refractivity contribution in [1.29, 1.82) is 0 Å². The maximum atomic E-state index is 12.7. The number of allylic oxidation sites excluding steroid dienone is 5. The Hall–Kier alpha value is -3.47. The molecule has 0 fully saturated rings. The van der Waals surface area contributed by atoms with Crippen LogP contribution in [0.5, 0.6) is 17.2 Å². The molecule has 0 atom stereocenters. The third-order valence-electron chi connectivity index (χ3n) is 4.57. The predicted octanol–water partition coefficient (Wildman–Crippen LogP) is 5.60. The molecule has 0 saturated carbocycles. The van der Waals surface area contributed by atoms with Gasteiger partial charge in [-0.1, -0.05) is 23.3 Å². The van der Waals surface area contributed by atoms with E-state index in [9.17, 15) is 25.2 Å². The van der Waals surface area contributed by atoms with Crippen molar-refractivity contribution in [1.82, 2.24) is 0 Å². The normalized spacial score (nSPS) is 11.1. The summed E-state index contributed by atoms with van der Waals surface area (Å²) in [5.74, 6) is -1.23. The van der Waals surface area contributed by atoms with Crippen LogP contribution in [0.25, 0.3) is 5.76 Å². The first-order valence-corrected chi connectivity index (χ1v) is 9.67. The summed E-state index contributed by atoms with van der Waals surface area (Å²) in [5, 5.41) is 40.6. The number of aromatic hydroxyl groups is 3. The lowest BCUT2D eigenvalue weighted by molar-refractivity contribution is 0.104. The van der Waals surface area contributed by atoms with Crippen LogP contribution in [0.2, 0.25) is 0 Å². The summed E-state index contributed by atoms with van der Waals surface area (Å²) in [6, 6.07) is 7.15. The molecule has 0 unspecified atom stereocenters. The van der Waals surface area contributed by atoms with Crippen LogP contribution >= 0.6 is 0 Å². The first-order chi connectivity index (χ1) is 14.1. The second-order valence-corrected chi connectivity index (χ2v) is 7.71. The second-order valence-electron chi connectivity index (χ2n) is 7.71. The number of hydrogen-bond donors (Lipinski definition) is 4. The molecule has 0 bridgehead atoms. The summed E-state index contributed by atoms with van der Waals surface area (Å²) >= 11 is 0. The Morgan fingerprint density at radius 1 is 0.800 bits per heavy atom. The molecule has 0 amide bonds. The van der Waals surface area contributed by atoms with E-state index in [1.54, 1.807) is 6.07 Å². The molecule has 5 heteroatoms. The summed E-state index contributed by atoms with van der Waals surface area (Å²) in [6.45, 7) is 7.75.